The van der Waals surface area contributed by atoms with Crippen molar-refractivity contribution < 1.29 is 14.6 Å². The molecule has 0 aromatic heterocycles. The lowest BCUT2D eigenvalue weighted by Crippen LogP contribution is -2.36. The Balaban J connectivity index is 2.41. The normalized spacial score (nSPS) is 22.4. The molecule has 2 rings (SSSR count). The summed E-state index contributed by atoms with van der Waals surface area (Å²) in [6.07, 6.45) is 0.176. The molecule has 5 heteroatoms. The molecular weight excluding hydrogens is 244 g/mol. The Bertz CT molecular complexity index is 536. The van der Waals surface area contributed by atoms with Crippen LogP contribution in [-0.2, 0) is 4.79 Å². The fraction of sp³-hybridized carbons (Fsp3) is 0.429. The zero-order valence-corrected chi connectivity index (χ0v) is 11.0. The highest BCUT2D eigenvalue weighted by Crippen LogP contribution is 2.32. The highest BCUT2D eigenvalue weighted by atomic mass is 16.5. The number of hydrogen-bond acceptors (Lipinski definition) is 4. The van der Waals surface area contributed by atoms with E-state index in [1.54, 1.807) is 23.1 Å². The zero-order chi connectivity index (χ0) is 14.0. The van der Waals surface area contributed by atoms with Crippen LogP contribution in [0.3, 0.4) is 0 Å². The summed E-state index contributed by atoms with van der Waals surface area (Å²) in [6.45, 7) is 1.93. The molecule has 2 atom stereocenters. The molecule has 1 unspecified atom stereocenters. The summed E-state index contributed by atoms with van der Waals surface area (Å²) in [5, 5.41) is 18.8. The van der Waals surface area contributed by atoms with Crippen LogP contribution in [0.25, 0.3) is 0 Å². The molecule has 1 fully saturated rings. The minimum Gasteiger partial charge on any atom is -0.495 e. The topological polar surface area (TPSA) is 73.6 Å². The van der Waals surface area contributed by atoms with Crippen LogP contribution in [0.1, 0.15) is 25.3 Å². The first-order chi connectivity index (χ1) is 9.12. The largest absolute Gasteiger partial charge is 0.495 e. The lowest BCUT2D eigenvalue weighted by Gasteiger charge is -2.25. The number of nitrogens with zero attached hydrogens (tertiary/aromatic N) is 2. The minimum atomic E-state index is -0.640. The Hall–Kier alpha value is -2.06. The lowest BCUT2D eigenvalue weighted by atomic mass is 10.1. The molecule has 1 amide bonds. The molecule has 0 radical (unpaired) electrons. The summed E-state index contributed by atoms with van der Waals surface area (Å²) in [4.78, 5) is 13.6. The van der Waals surface area contributed by atoms with Gasteiger partial charge < -0.3 is 14.7 Å². The van der Waals surface area contributed by atoms with Gasteiger partial charge >= 0.3 is 0 Å². The second kappa shape index (κ2) is 5.29. The number of ether oxygens (including phenoxy) is 1. The summed E-state index contributed by atoms with van der Waals surface area (Å²) in [7, 11) is 1.48. The van der Waals surface area contributed by atoms with Crippen molar-refractivity contribution in [3.05, 3.63) is 23.8 Å². The molecule has 100 valence electrons. The summed E-state index contributed by atoms with van der Waals surface area (Å²) in [5.41, 5.74) is 1.08. The molecule has 0 aliphatic carbocycles. The number of hydrogen-bond donors (Lipinski definition) is 1. The third-order valence-electron chi connectivity index (χ3n) is 3.43. The summed E-state index contributed by atoms with van der Waals surface area (Å²) in [6, 6.07) is 6.81. The summed E-state index contributed by atoms with van der Waals surface area (Å²) in [5.74, 6) is 0.329. The van der Waals surface area contributed by atoms with Crippen molar-refractivity contribution in [1.29, 1.82) is 5.26 Å². The van der Waals surface area contributed by atoms with Crippen molar-refractivity contribution in [3.63, 3.8) is 0 Å². The minimum absolute atomic E-state index is 0.105. The second-order valence-electron chi connectivity index (χ2n) is 4.51. The van der Waals surface area contributed by atoms with Gasteiger partial charge in [0.2, 0.25) is 5.91 Å². The monoisotopic (exact) mass is 260 g/mol. The van der Waals surface area contributed by atoms with Crippen molar-refractivity contribution in [2.75, 3.05) is 12.0 Å². The number of carbonyl (C=O) groups is 1. The van der Waals surface area contributed by atoms with Gasteiger partial charge in [0.25, 0.3) is 0 Å². The Morgan fingerprint density at radius 1 is 1.58 bits per heavy atom. The van der Waals surface area contributed by atoms with Crippen LogP contribution in [0.2, 0.25) is 0 Å². The number of benzene rings is 1. The van der Waals surface area contributed by atoms with E-state index in [4.69, 9.17) is 10.00 Å². The van der Waals surface area contributed by atoms with Crippen molar-refractivity contribution >= 4 is 11.6 Å². The lowest BCUT2D eigenvalue weighted by molar-refractivity contribution is -0.117. The summed E-state index contributed by atoms with van der Waals surface area (Å²) >= 11 is 0. The molecule has 1 heterocycles. The van der Waals surface area contributed by atoms with Crippen LogP contribution in [-0.4, -0.2) is 30.3 Å². The number of aliphatic hydroxyl groups is 1. The number of rotatable bonds is 3. The number of aliphatic hydroxyl groups excluding tert-OH is 1. The number of amides is 1. The molecule has 0 spiro atoms. The number of methoxy groups -OCH3 is 1. The van der Waals surface area contributed by atoms with Gasteiger partial charge in [0.15, 0.2) is 0 Å². The van der Waals surface area contributed by atoms with Crippen molar-refractivity contribution in [3.8, 4) is 11.8 Å². The maximum Gasteiger partial charge on any atom is 0.230 e. The van der Waals surface area contributed by atoms with Crippen molar-refractivity contribution in [1.82, 2.24) is 0 Å². The average Bonchev–Trinajstić information content (AvgIpc) is 2.71. The fourth-order valence-corrected chi connectivity index (χ4v) is 2.48. The van der Waals surface area contributed by atoms with Crippen LogP contribution in [0.5, 0.6) is 5.75 Å². The van der Waals surface area contributed by atoms with Gasteiger partial charge in [-0.25, -0.2) is 0 Å². The predicted molar refractivity (Wildman–Crippen MR) is 69.9 cm³/mol. The Morgan fingerprint density at radius 3 is 2.89 bits per heavy atom. The predicted octanol–water partition coefficient (Wildman–Crippen LogP) is 1.44. The number of nitriles is 1. The molecule has 1 aliphatic rings. The second-order valence-corrected chi connectivity index (χ2v) is 4.51. The maximum atomic E-state index is 12.0. The molecule has 0 bridgehead atoms. The highest BCUT2D eigenvalue weighted by molar-refractivity contribution is 5.97. The Kier molecular flexibility index (Phi) is 3.72. The van der Waals surface area contributed by atoms with E-state index in [1.165, 1.54) is 7.11 Å². The first-order valence-corrected chi connectivity index (χ1v) is 6.20. The van der Waals surface area contributed by atoms with E-state index in [2.05, 4.69) is 0 Å². The van der Waals surface area contributed by atoms with E-state index in [1.807, 2.05) is 13.0 Å². The quantitative estimate of drug-likeness (QED) is 0.892. The highest BCUT2D eigenvalue weighted by Gasteiger charge is 2.38. The number of carbonyl (C=O) groups excluding carboxylic acids is 1. The van der Waals surface area contributed by atoms with E-state index in [0.29, 0.717) is 23.4 Å². The molecule has 1 aromatic carbocycles. The van der Waals surface area contributed by atoms with Crippen LogP contribution in [0.4, 0.5) is 5.69 Å². The van der Waals surface area contributed by atoms with Crippen LogP contribution >= 0.6 is 0 Å². The standard InChI is InChI=1S/C14H16N2O3/c1-3-11-12(17)7-14(18)16(11)10-5-4-9(8-15)13(6-10)19-2/h4-6,11-12,17H,3,7H2,1-2H3/t11-,12?/m0/s1. The van der Waals surface area contributed by atoms with E-state index < -0.39 is 6.10 Å². The molecule has 19 heavy (non-hydrogen) atoms. The summed E-state index contributed by atoms with van der Waals surface area (Å²) < 4.78 is 5.14. The Labute approximate surface area is 112 Å². The van der Waals surface area contributed by atoms with E-state index in [9.17, 15) is 9.90 Å². The molecule has 1 aliphatic heterocycles. The van der Waals surface area contributed by atoms with Gasteiger partial charge in [-0.1, -0.05) is 6.92 Å². The van der Waals surface area contributed by atoms with Gasteiger partial charge in [-0.15, -0.1) is 0 Å². The first-order valence-electron chi connectivity index (χ1n) is 6.20. The fourth-order valence-electron chi connectivity index (χ4n) is 2.48. The van der Waals surface area contributed by atoms with Gasteiger partial charge in [0.1, 0.15) is 11.8 Å². The van der Waals surface area contributed by atoms with Gasteiger partial charge in [0.05, 0.1) is 31.2 Å². The molecule has 0 saturated carbocycles. The zero-order valence-electron chi connectivity index (χ0n) is 11.0. The third kappa shape index (κ3) is 2.27. The van der Waals surface area contributed by atoms with Crippen molar-refractivity contribution in [2.45, 2.75) is 31.9 Å². The number of anilines is 1. The van der Waals surface area contributed by atoms with Crippen LogP contribution < -0.4 is 9.64 Å². The van der Waals surface area contributed by atoms with Gasteiger partial charge in [-0.05, 0) is 18.6 Å². The maximum absolute atomic E-state index is 12.0. The molecule has 5 nitrogen and oxygen atoms in total. The van der Waals surface area contributed by atoms with Crippen LogP contribution in [0, 0.1) is 11.3 Å². The van der Waals surface area contributed by atoms with E-state index in [0.717, 1.165) is 0 Å². The van der Waals surface area contributed by atoms with E-state index >= 15 is 0 Å². The molecule has 1 saturated heterocycles. The molecule has 1 aromatic rings. The SMILES string of the molecule is CC[C@H]1C(O)CC(=O)N1c1ccc(C#N)c(OC)c1. The van der Waals surface area contributed by atoms with Gasteiger partial charge in [-0.2, -0.15) is 5.26 Å². The molecular formula is C14H16N2O3. The van der Waals surface area contributed by atoms with Crippen molar-refractivity contribution in [2.24, 2.45) is 0 Å². The molecule has 1 N–H and O–H groups in total. The first kappa shape index (κ1) is 13.4. The third-order valence-corrected chi connectivity index (χ3v) is 3.43. The van der Waals surface area contributed by atoms with Gasteiger partial charge in [0, 0.05) is 11.8 Å². The Morgan fingerprint density at radius 2 is 2.32 bits per heavy atom. The van der Waals surface area contributed by atoms with Crippen LogP contribution in [0.15, 0.2) is 18.2 Å². The average molecular weight is 260 g/mol. The smallest absolute Gasteiger partial charge is 0.230 e. The van der Waals surface area contributed by atoms with E-state index in [-0.39, 0.29) is 18.4 Å². The van der Waals surface area contributed by atoms with Gasteiger partial charge in [-0.3, -0.25) is 4.79 Å².